The Bertz CT molecular complexity index is 1080. The van der Waals surface area contributed by atoms with Crippen molar-refractivity contribution in [2.45, 2.75) is 24.9 Å². The van der Waals surface area contributed by atoms with Crippen LogP contribution in [-0.4, -0.2) is 27.9 Å². The third-order valence-electron chi connectivity index (χ3n) is 5.84. The van der Waals surface area contributed by atoms with E-state index in [0.717, 1.165) is 0 Å². The van der Waals surface area contributed by atoms with Crippen LogP contribution in [-0.2, 0) is 10.3 Å². The molecule has 0 saturated carbocycles. The number of rotatable bonds is 5. The second-order valence-corrected chi connectivity index (χ2v) is 7.41. The predicted octanol–water partition coefficient (Wildman–Crippen LogP) is 4.27. The van der Waals surface area contributed by atoms with Crippen LogP contribution in [0, 0.1) is 0 Å². The molecule has 1 aliphatic heterocycles. The molecule has 0 aliphatic carbocycles. The van der Waals surface area contributed by atoms with Crippen molar-refractivity contribution in [3.63, 3.8) is 0 Å². The molecule has 3 aromatic rings. The maximum atomic E-state index is 13.6. The molecule has 1 heterocycles. The van der Waals surface area contributed by atoms with E-state index in [1.54, 1.807) is 67.6 Å². The van der Waals surface area contributed by atoms with Crippen molar-refractivity contribution in [2.24, 2.45) is 0 Å². The molecule has 2 atom stereocenters. The molecule has 4 rings (SSSR count). The molecule has 144 valence electrons. The Morgan fingerprint density at radius 3 is 1.62 bits per heavy atom. The van der Waals surface area contributed by atoms with Crippen molar-refractivity contribution in [1.29, 1.82) is 0 Å². The molecule has 0 spiro atoms. The summed E-state index contributed by atoms with van der Waals surface area (Å²) in [4.78, 5) is 41.6. The Kier molecular flexibility index (Phi) is 4.42. The van der Waals surface area contributed by atoms with Gasteiger partial charge in [-0.25, -0.2) is 0 Å². The summed E-state index contributed by atoms with van der Waals surface area (Å²) in [5.41, 5.74) is -1.09. The van der Waals surface area contributed by atoms with Crippen molar-refractivity contribution < 1.29 is 14.4 Å². The lowest BCUT2D eigenvalue weighted by atomic mass is 9.80. The van der Waals surface area contributed by atoms with Crippen molar-refractivity contribution in [1.82, 2.24) is 4.90 Å². The van der Waals surface area contributed by atoms with Crippen LogP contribution in [0.1, 0.15) is 40.1 Å². The molecule has 1 amide bonds. The minimum absolute atomic E-state index is 0.236. The fourth-order valence-electron chi connectivity index (χ4n) is 4.47. The maximum absolute atomic E-state index is 13.6. The molecule has 4 heteroatoms. The number of amides is 1. The first-order valence-electron chi connectivity index (χ1n) is 9.52. The van der Waals surface area contributed by atoms with Crippen LogP contribution in [0.3, 0.4) is 0 Å². The molecular weight excluding hydrogens is 362 g/mol. The summed E-state index contributed by atoms with van der Waals surface area (Å²) >= 11 is 0. The van der Waals surface area contributed by atoms with Gasteiger partial charge in [0.25, 0.3) is 5.91 Å². The molecule has 1 fully saturated rings. The lowest BCUT2D eigenvalue weighted by Crippen LogP contribution is -2.34. The lowest BCUT2D eigenvalue weighted by Gasteiger charge is -2.16. The normalized spacial score (nSPS) is 22.8. The standard InChI is InChI=1S/C25H21NO3/c1-18(27)25(21-16-10-5-11-17-21)24(2,22(28)19-12-6-3-7-13-19)26(25)23(29)20-14-8-4-9-15-20/h3-17H,1-2H3. The zero-order valence-corrected chi connectivity index (χ0v) is 16.3. The number of carbonyl (C=O) groups excluding carboxylic acids is 3. The summed E-state index contributed by atoms with van der Waals surface area (Å²) in [5, 5.41) is 0. The van der Waals surface area contributed by atoms with E-state index in [2.05, 4.69) is 0 Å². The van der Waals surface area contributed by atoms with Gasteiger partial charge in [0.2, 0.25) is 0 Å². The lowest BCUT2D eigenvalue weighted by molar-refractivity contribution is -0.120. The van der Waals surface area contributed by atoms with E-state index in [0.29, 0.717) is 16.7 Å². The third kappa shape index (κ3) is 2.56. The summed E-state index contributed by atoms with van der Waals surface area (Å²) in [6.45, 7) is 3.14. The molecule has 1 aliphatic rings. The molecule has 4 nitrogen and oxygen atoms in total. The first-order valence-corrected chi connectivity index (χ1v) is 9.52. The summed E-state index contributed by atoms with van der Waals surface area (Å²) in [5.74, 6) is -0.822. The molecule has 0 bridgehead atoms. The number of benzene rings is 3. The van der Waals surface area contributed by atoms with E-state index in [-0.39, 0.29) is 17.5 Å². The number of ketones is 2. The fraction of sp³-hybridized carbons (Fsp3) is 0.160. The van der Waals surface area contributed by atoms with Crippen LogP contribution >= 0.6 is 0 Å². The highest BCUT2D eigenvalue weighted by Gasteiger charge is 2.81. The van der Waals surface area contributed by atoms with Crippen LogP contribution in [0.2, 0.25) is 0 Å². The number of Topliss-reactive ketones (excluding diaryl/α,β-unsaturated/α-hetero) is 2. The monoisotopic (exact) mass is 383 g/mol. The second kappa shape index (κ2) is 6.82. The molecule has 0 aromatic heterocycles. The first kappa shape index (κ1) is 18.8. The number of carbonyl (C=O) groups is 3. The van der Waals surface area contributed by atoms with Crippen LogP contribution in [0.5, 0.6) is 0 Å². The Hall–Kier alpha value is -3.53. The predicted molar refractivity (Wildman–Crippen MR) is 111 cm³/mol. The molecule has 0 N–H and O–H groups in total. The number of nitrogens with zero attached hydrogens (tertiary/aromatic N) is 1. The van der Waals surface area contributed by atoms with E-state index in [1.165, 1.54) is 11.8 Å². The van der Waals surface area contributed by atoms with Gasteiger partial charge in [0.1, 0.15) is 5.54 Å². The van der Waals surface area contributed by atoms with Gasteiger partial charge in [-0.15, -0.1) is 0 Å². The topological polar surface area (TPSA) is 54.2 Å². The molecule has 0 radical (unpaired) electrons. The SMILES string of the molecule is CC(=O)C1(c2ccccc2)N(C(=O)c2ccccc2)C1(C)C(=O)c1ccccc1. The summed E-state index contributed by atoms with van der Waals surface area (Å²) in [6, 6.07) is 26.7. The zero-order valence-electron chi connectivity index (χ0n) is 16.3. The third-order valence-corrected chi connectivity index (χ3v) is 5.84. The Balaban J connectivity index is 1.92. The van der Waals surface area contributed by atoms with Gasteiger partial charge in [-0.2, -0.15) is 0 Å². The minimum atomic E-state index is -1.34. The molecular formula is C25H21NO3. The Morgan fingerprint density at radius 1 is 0.690 bits per heavy atom. The summed E-state index contributed by atoms with van der Waals surface area (Å²) in [7, 11) is 0. The largest absolute Gasteiger partial charge is 0.303 e. The summed E-state index contributed by atoms with van der Waals surface area (Å²) in [6.07, 6.45) is 0. The Labute approximate surface area is 169 Å². The van der Waals surface area contributed by atoms with Crippen LogP contribution in [0.25, 0.3) is 0 Å². The van der Waals surface area contributed by atoms with Gasteiger partial charge in [0.15, 0.2) is 17.1 Å². The van der Waals surface area contributed by atoms with Gasteiger partial charge in [0.05, 0.1) is 0 Å². The van der Waals surface area contributed by atoms with Crippen molar-refractivity contribution in [3.8, 4) is 0 Å². The highest BCUT2D eigenvalue weighted by atomic mass is 16.2. The van der Waals surface area contributed by atoms with Gasteiger partial charge in [0, 0.05) is 11.1 Å². The van der Waals surface area contributed by atoms with Crippen molar-refractivity contribution >= 4 is 17.5 Å². The molecule has 29 heavy (non-hydrogen) atoms. The van der Waals surface area contributed by atoms with Crippen LogP contribution in [0.15, 0.2) is 91.0 Å². The van der Waals surface area contributed by atoms with Gasteiger partial charge in [-0.1, -0.05) is 78.9 Å². The van der Waals surface area contributed by atoms with E-state index in [4.69, 9.17) is 0 Å². The fourth-order valence-corrected chi connectivity index (χ4v) is 4.47. The molecule has 3 aromatic carbocycles. The highest BCUT2D eigenvalue weighted by Crippen LogP contribution is 2.61. The van der Waals surface area contributed by atoms with Gasteiger partial charge < -0.3 is 4.90 Å². The minimum Gasteiger partial charge on any atom is -0.303 e. The van der Waals surface area contributed by atoms with Gasteiger partial charge >= 0.3 is 0 Å². The molecule has 1 saturated heterocycles. The van der Waals surface area contributed by atoms with Crippen molar-refractivity contribution in [3.05, 3.63) is 108 Å². The van der Waals surface area contributed by atoms with Crippen LogP contribution in [0.4, 0.5) is 0 Å². The average Bonchev–Trinajstić information content (AvgIpc) is 3.36. The summed E-state index contributed by atoms with van der Waals surface area (Å²) < 4.78 is 0. The first-order chi connectivity index (χ1) is 14.0. The quantitative estimate of drug-likeness (QED) is 0.488. The molecule has 2 unspecified atom stereocenters. The van der Waals surface area contributed by atoms with E-state index >= 15 is 0 Å². The van der Waals surface area contributed by atoms with E-state index in [9.17, 15) is 14.4 Å². The van der Waals surface area contributed by atoms with Gasteiger partial charge in [-0.3, -0.25) is 14.4 Å². The zero-order chi connectivity index (χ0) is 20.6. The average molecular weight is 383 g/mol. The Morgan fingerprint density at radius 2 is 1.14 bits per heavy atom. The highest BCUT2D eigenvalue weighted by molar-refractivity contribution is 6.19. The number of hydrogen-bond donors (Lipinski definition) is 0. The smallest absolute Gasteiger partial charge is 0.255 e. The van der Waals surface area contributed by atoms with E-state index < -0.39 is 11.1 Å². The van der Waals surface area contributed by atoms with Crippen LogP contribution < -0.4 is 0 Å². The van der Waals surface area contributed by atoms with Gasteiger partial charge in [-0.05, 0) is 31.5 Å². The second-order valence-electron chi connectivity index (χ2n) is 7.41. The maximum Gasteiger partial charge on any atom is 0.255 e. The van der Waals surface area contributed by atoms with E-state index in [1.807, 2.05) is 30.3 Å². The van der Waals surface area contributed by atoms with Crippen molar-refractivity contribution in [2.75, 3.05) is 0 Å². The number of hydrogen-bond acceptors (Lipinski definition) is 3.